The van der Waals surface area contributed by atoms with E-state index in [0.29, 0.717) is 17.8 Å². The minimum absolute atomic E-state index is 0.497. The number of nitrogens with zero attached hydrogens (tertiary/aromatic N) is 2. The summed E-state index contributed by atoms with van der Waals surface area (Å²) >= 11 is 1.57. The summed E-state index contributed by atoms with van der Waals surface area (Å²) in [7, 11) is 0. The van der Waals surface area contributed by atoms with Gasteiger partial charge in [0.15, 0.2) is 5.13 Å². The summed E-state index contributed by atoms with van der Waals surface area (Å²) in [6.45, 7) is 7.84. The predicted molar refractivity (Wildman–Crippen MR) is 78.0 cm³/mol. The lowest BCUT2D eigenvalue weighted by molar-refractivity contribution is -0.142. The van der Waals surface area contributed by atoms with Crippen LogP contribution < -0.4 is 4.90 Å². The average Bonchev–Trinajstić information content (AvgIpc) is 2.94. The van der Waals surface area contributed by atoms with Crippen molar-refractivity contribution in [3.63, 3.8) is 0 Å². The number of hydrogen-bond donors (Lipinski definition) is 1. The highest BCUT2D eigenvalue weighted by Gasteiger charge is 2.35. The second kappa shape index (κ2) is 5.12. The predicted octanol–water partition coefficient (Wildman–Crippen LogP) is 3.27. The first-order valence-electron chi connectivity index (χ1n) is 6.85. The van der Waals surface area contributed by atoms with E-state index in [1.807, 2.05) is 5.38 Å². The van der Waals surface area contributed by atoms with Gasteiger partial charge >= 0.3 is 5.97 Å². The van der Waals surface area contributed by atoms with Crippen LogP contribution in [0.15, 0.2) is 5.38 Å². The van der Waals surface area contributed by atoms with Crippen molar-refractivity contribution in [3.8, 4) is 0 Å². The summed E-state index contributed by atoms with van der Waals surface area (Å²) < 4.78 is 0. The van der Waals surface area contributed by atoms with Gasteiger partial charge in [-0.05, 0) is 40.0 Å². The van der Waals surface area contributed by atoms with Gasteiger partial charge in [-0.3, -0.25) is 4.79 Å². The molecule has 2 atom stereocenters. The van der Waals surface area contributed by atoms with Crippen molar-refractivity contribution in [1.82, 2.24) is 4.98 Å². The summed E-state index contributed by atoms with van der Waals surface area (Å²) in [4.78, 5) is 18.3. The number of rotatable bonds is 4. The fourth-order valence-corrected chi connectivity index (χ4v) is 3.76. The van der Waals surface area contributed by atoms with E-state index in [-0.39, 0.29) is 0 Å². The minimum atomic E-state index is -0.917. The lowest BCUT2D eigenvalue weighted by Gasteiger charge is -2.27. The molecule has 1 aliphatic rings. The molecule has 106 valence electrons. The molecule has 0 radical (unpaired) electrons. The topological polar surface area (TPSA) is 53.4 Å². The highest BCUT2D eigenvalue weighted by Crippen LogP contribution is 2.36. The highest BCUT2D eigenvalue weighted by atomic mass is 32.1. The molecule has 0 aliphatic carbocycles. The molecule has 19 heavy (non-hydrogen) atoms. The Hall–Kier alpha value is -1.10. The van der Waals surface area contributed by atoms with Crippen LogP contribution in [0, 0.1) is 0 Å². The van der Waals surface area contributed by atoms with Crippen LogP contribution in [0.5, 0.6) is 0 Å². The van der Waals surface area contributed by atoms with Crippen LogP contribution in [-0.4, -0.2) is 28.1 Å². The van der Waals surface area contributed by atoms with Gasteiger partial charge in [0.1, 0.15) is 5.41 Å². The van der Waals surface area contributed by atoms with Gasteiger partial charge in [0, 0.05) is 17.5 Å². The first kappa shape index (κ1) is 14.3. The van der Waals surface area contributed by atoms with Crippen molar-refractivity contribution in [2.45, 2.75) is 64.5 Å². The van der Waals surface area contributed by atoms with E-state index in [2.05, 4.69) is 23.7 Å². The zero-order valence-electron chi connectivity index (χ0n) is 12.0. The van der Waals surface area contributed by atoms with Gasteiger partial charge in [0.25, 0.3) is 0 Å². The third-order valence-corrected chi connectivity index (χ3v) is 5.00. The monoisotopic (exact) mass is 282 g/mol. The molecule has 0 bridgehead atoms. The number of hydrogen-bond acceptors (Lipinski definition) is 4. The third-order valence-electron chi connectivity index (χ3n) is 4.15. The summed E-state index contributed by atoms with van der Waals surface area (Å²) in [6, 6.07) is 1.04. The molecular weight excluding hydrogens is 260 g/mol. The van der Waals surface area contributed by atoms with Crippen molar-refractivity contribution in [2.24, 2.45) is 0 Å². The fourth-order valence-electron chi connectivity index (χ4n) is 2.60. The molecule has 2 heterocycles. The van der Waals surface area contributed by atoms with Crippen molar-refractivity contribution in [2.75, 3.05) is 4.90 Å². The van der Waals surface area contributed by atoms with E-state index < -0.39 is 11.4 Å². The molecule has 1 fully saturated rings. The Kier molecular flexibility index (Phi) is 3.85. The molecule has 1 saturated heterocycles. The van der Waals surface area contributed by atoms with Crippen molar-refractivity contribution in [1.29, 1.82) is 0 Å². The molecule has 2 rings (SSSR count). The fraction of sp³-hybridized carbons (Fsp3) is 0.714. The Labute approximate surface area is 118 Å². The Bertz CT molecular complexity index is 470. The molecule has 1 aromatic rings. The molecule has 4 nitrogen and oxygen atoms in total. The second-order valence-corrected chi connectivity index (χ2v) is 6.68. The van der Waals surface area contributed by atoms with Crippen molar-refractivity contribution >= 4 is 22.4 Å². The first-order valence-corrected chi connectivity index (χ1v) is 7.73. The third kappa shape index (κ3) is 2.48. The Balaban J connectivity index is 2.28. The Morgan fingerprint density at radius 1 is 1.58 bits per heavy atom. The maximum atomic E-state index is 11.3. The normalized spacial score (nSPS) is 23.9. The van der Waals surface area contributed by atoms with E-state index in [0.717, 1.165) is 11.6 Å². The second-order valence-electron chi connectivity index (χ2n) is 5.84. The van der Waals surface area contributed by atoms with E-state index in [1.54, 1.807) is 25.2 Å². The number of carboxylic acids is 1. The summed E-state index contributed by atoms with van der Waals surface area (Å²) in [5.41, 5.74) is -0.256. The largest absolute Gasteiger partial charge is 0.481 e. The van der Waals surface area contributed by atoms with Crippen LogP contribution >= 0.6 is 11.3 Å². The van der Waals surface area contributed by atoms with E-state index in [9.17, 15) is 9.90 Å². The zero-order chi connectivity index (χ0) is 14.2. The number of carboxylic acid groups (broad SMARTS) is 1. The number of thiazole rings is 1. The SMILES string of the molecule is CCC1CCC(C)N1c1nc(C(C)(C)C(=O)O)cs1. The van der Waals surface area contributed by atoms with Crippen LogP contribution in [0.25, 0.3) is 0 Å². The summed E-state index contributed by atoms with van der Waals surface area (Å²) in [5.74, 6) is -0.828. The highest BCUT2D eigenvalue weighted by molar-refractivity contribution is 7.13. The van der Waals surface area contributed by atoms with Gasteiger partial charge in [-0.25, -0.2) is 4.98 Å². The molecule has 2 unspecified atom stereocenters. The number of anilines is 1. The molecule has 0 spiro atoms. The molecule has 5 heteroatoms. The van der Waals surface area contributed by atoms with Crippen LogP contribution in [0.2, 0.25) is 0 Å². The molecular formula is C14H22N2O2S. The smallest absolute Gasteiger partial charge is 0.315 e. The van der Waals surface area contributed by atoms with Crippen LogP contribution in [0.4, 0.5) is 5.13 Å². The summed E-state index contributed by atoms with van der Waals surface area (Å²) in [6.07, 6.45) is 3.51. The minimum Gasteiger partial charge on any atom is -0.481 e. The molecule has 0 saturated carbocycles. The maximum absolute atomic E-state index is 11.3. The Morgan fingerprint density at radius 2 is 2.26 bits per heavy atom. The standard InChI is InChI=1S/C14H22N2O2S/c1-5-10-7-6-9(2)16(10)13-15-11(8-19-13)14(3,4)12(17)18/h8-10H,5-7H2,1-4H3,(H,17,18). The molecule has 1 aliphatic heterocycles. The van der Waals surface area contributed by atoms with Crippen molar-refractivity contribution in [3.05, 3.63) is 11.1 Å². The van der Waals surface area contributed by atoms with Gasteiger partial charge in [0.05, 0.1) is 5.69 Å². The quantitative estimate of drug-likeness (QED) is 0.921. The zero-order valence-corrected chi connectivity index (χ0v) is 12.8. The maximum Gasteiger partial charge on any atom is 0.315 e. The van der Waals surface area contributed by atoms with Crippen LogP contribution in [0.3, 0.4) is 0 Å². The van der Waals surface area contributed by atoms with Crippen LogP contribution in [-0.2, 0) is 10.2 Å². The van der Waals surface area contributed by atoms with Gasteiger partial charge in [-0.1, -0.05) is 6.92 Å². The molecule has 0 amide bonds. The van der Waals surface area contributed by atoms with E-state index >= 15 is 0 Å². The lowest BCUT2D eigenvalue weighted by Crippen LogP contribution is -2.34. The lowest BCUT2D eigenvalue weighted by atomic mass is 9.90. The van der Waals surface area contributed by atoms with Gasteiger partial charge in [0.2, 0.25) is 0 Å². The van der Waals surface area contributed by atoms with E-state index in [1.165, 1.54) is 12.8 Å². The first-order chi connectivity index (χ1) is 8.87. The molecule has 1 aromatic heterocycles. The van der Waals surface area contributed by atoms with Gasteiger partial charge in [-0.2, -0.15) is 0 Å². The summed E-state index contributed by atoms with van der Waals surface area (Å²) in [5, 5.41) is 12.1. The molecule has 0 aromatic carbocycles. The Morgan fingerprint density at radius 3 is 2.84 bits per heavy atom. The number of carbonyl (C=O) groups is 1. The van der Waals surface area contributed by atoms with Crippen molar-refractivity contribution < 1.29 is 9.90 Å². The molecule has 1 N–H and O–H groups in total. The van der Waals surface area contributed by atoms with E-state index in [4.69, 9.17) is 0 Å². The van der Waals surface area contributed by atoms with Crippen LogP contribution in [0.1, 0.15) is 52.7 Å². The average molecular weight is 282 g/mol. The van der Waals surface area contributed by atoms with Gasteiger partial charge in [-0.15, -0.1) is 11.3 Å². The number of aromatic nitrogens is 1. The number of aliphatic carboxylic acids is 1. The van der Waals surface area contributed by atoms with Gasteiger partial charge < -0.3 is 10.0 Å².